The lowest BCUT2D eigenvalue weighted by molar-refractivity contribution is -0.137. The zero-order valence-corrected chi connectivity index (χ0v) is 13.7. The Labute approximate surface area is 142 Å². The summed E-state index contributed by atoms with van der Waals surface area (Å²) < 4.78 is 43.3. The molecule has 9 heteroatoms. The second-order valence-electron chi connectivity index (χ2n) is 5.90. The second-order valence-corrected chi connectivity index (χ2v) is 5.90. The summed E-state index contributed by atoms with van der Waals surface area (Å²) >= 11 is 0. The van der Waals surface area contributed by atoms with Gasteiger partial charge in [0.25, 0.3) is 5.91 Å². The van der Waals surface area contributed by atoms with Crippen molar-refractivity contribution in [3.63, 3.8) is 0 Å². The van der Waals surface area contributed by atoms with Gasteiger partial charge in [0, 0.05) is 11.1 Å². The van der Waals surface area contributed by atoms with E-state index in [1.807, 2.05) is 16.6 Å². The molecular formula is C16H16F3N3O3. The van der Waals surface area contributed by atoms with E-state index >= 15 is 0 Å². The molecule has 2 amide bonds. The second kappa shape index (κ2) is 7.25. The first-order valence-electron chi connectivity index (χ1n) is 6.90. The number of halogens is 3. The van der Waals surface area contributed by atoms with Crippen LogP contribution in [0.4, 0.5) is 18.0 Å². The molecule has 0 aliphatic heterocycles. The zero-order valence-electron chi connectivity index (χ0n) is 13.7. The van der Waals surface area contributed by atoms with Crippen molar-refractivity contribution in [1.29, 1.82) is 5.41 Å². The Morgan fingerprint density at radius 1 is 1.16 bits per heavy atom. The van der Waals surface area contributed by atoms with E-state index < -0.39 is 40.9 Å². The van der Waals surface area contributed by atoms with Crippen molar-refractivity contribution in [2.45, 2.75) is 32.5 Å². The van der Waals surface area contributed by atoms with Gasteiger partial charge in [0.05, 0.1) is 5.56 Å². The van der Waals surface area contributed by atoms with E-state index in [4.69, 9.17) is 16.6 Å². The maximum atomic E-state index is 12.8. The molecule has 0 aromatic heterocycles. The highest BCUT2D eigenvalue weighted by Gasteiger charge is 2.31. The molecule has 0 radical (unpaired) electrons. The molecule has 1 aromatic rings. The van der Waals surface area contributed by atoms with Gasteiger partial charge >= 0.3 is 12.3 Å². The molecule has 0 saturated heterocycles. The Morgan fingerprint density at radius 3 is 2.24 bits per heavy atom. The lowest BCUT2D eigenvalue weighted by Crippen LogP contribution is -2.45. The van der Waals surface area contributed by atoms with Crippen LogP contribution in [0.2, 0.25) is 0 Å². The number of amides is 2. The highest BCUT2D eigenvalue weighted by Crippen LogP contribution is 2.30. The third-order valence-electron chi connectivity index (χ3n) is 2.55. The van der Waals surface area contributed by atoms with Crippen LogP contribution >= 0.6 is 0 Å². The average Bonchev–Trinajstić information content (AvgIpc) is 2.43. The van der Waals surface area contributed by atoms with Crippen LogP contribution in [-0.2, 0) is 10.9 Å². The Kier molecular flexibility index (Phi) is 5.81. The van der Waals surface area contributed by atoms with Gasteiger partial charge in [0.15, 0.2) is 0 Å². The Hall–Kier alpha value is -3.02. The largest absolute Gasteiger partial charge is 0.444 e. The van der Waals surface area contributed by atoms with Crippen LogP contribution in [0.1, 0.15) is 42.3 Å². The number of hydrogen-bond donors (Lipinski definition) is 3. The Bertz CT molecular complexity index is 744. The predicted molar refractivity (Wildman–Crippen MR) is 83.9 cm³/mol. The highest BCUT2D eigenvalue weighted by atomic mass is 19.4. The number of hydrogen-bond acceptors (Lipinski definition) is 4. The fourth-order valence-electron chi connectivity index (χ4n) is 1.63. The van der Waals surface area contributed by atoms with E-state index in [1.165, 1.54) is 0 Å². The molecule has 1 aromatic carbocycles. The third-order valence-corrected chi connectivity index (χ3v) is 2.55. The van der Waals surface area contributed by atoms with Gasteiger partial charge in [-0.05, 0) is 39.0 Å². The van der Waals surface area contributed by atoms with E-state index in [1.54, 1.807) is 20.8 Å². The number of alkyl carbamates (subject to hydrolysis) is 1. The summed E-state index contributed by atoms with van der Waals surface area (Å²) in [6.45, 7) is 4.79. The van der Waals surface area contributed by atoms with Crippen molar-refractivity contribution < 1.29 is 27.5 Å². The van der Waals surface area contributed by atoms with Crippen LogP contribution in [0.5, 0.6) is 0 Å². The Morgan fingerprint density at radius 2 is 1.76 bits per heavy atom. The summed E-state index contributed by atoms with van der Waals surface area (Å²) in [6.07, 6.45) is -0.593. The molecule has 0 unspecified atom stereocenters. The number of rotatable bonds is 1. The molecule has 134 valence electrons. The van der Waals surface area contributed by atoms with Gasteiger partial charge in [-0.1, -0.05) is 5.92 Å². The average molecular weight is 355 g/mol. The van der Waals surface area contributed by atoms with E-state index in [0.717, 1.165) is 12.1 Å². The van der Waals surface area contributed by atoms with Crippen LogP contribution in [0, 0.1) is 17.8 Å². The van der Waals surface area contributed by atoms with Crippen LogP contribution in [0.3, 0.4) is 0 Å². The standard InChI is InChI=1S/C16H16F3N3O3/c1-5-9-6-10(8-11(7-9)16(17,18)19)12(23)21-13(20)22-14(24)25-15(2,3)4/h1,6-8H,2-4H3,(H3,20,21,22,23,24). The number of guanidine groups is 1. The van der Waals surface area contributed by atoms with Crippen LogP contribution in [-0.4, -0.2) is 23.6 Å². The first-order valence-corrected chi connectivity index (χ1v) is 6.90. The normalized spacial score (nSPS) is 11.2. The zero-order chi connectivity index (χ0) is 19.4. The van der Waals surface area contributed by atoms with E-state index in [9.17, 15) is 22.8 Å². The topological polar surface area (TPSA) is 91.3 Å². The third kappa shape index (κ3) is 6.55. The van der Waals surface area contributed by atoms with Crippen molar-refractivity contribution in [3.05, 3.63) is 34.9 Å². The molecule has 0 atom stereocenters. The number of benzene rings is 1. The maximum Gasteiger partial charge on any atom is 0.416 e. The molecule has 0 aliphatic carbocycles. The van der Waals surface area contributed by atoms with Gasteiger partial charge in [-0.25, -0.2) is 4.79 Å². The molecule has 0 heterocycles. The van der Waals surface area contributed by atoms with Gasteiger partial charge in [-0.15, -0.1) is 6.42 Å². The summed E-state index contributed by atoms with van der Waals surface area (Å²) in [7, 11) is 0. The lowest BCUT2D eigenvalue weighted by Gasteiger charge is -2.19. The van der Waals surface area contributed by atoms with Crippen molar-refractivity contribution in [2.75, 3.05) is 0 Å². The smallest absolute Gasteiger partial charge is 0.416 e. The van der Waals surface area contributed by atoms with Crippen LogP contribution in [0.15, 0.2) is 18.2 Å². The van der Waals surface area contributed by atoms with Crippen molar-refractivity contribution in [3.8, 4) is 12.3 Å². The van der Waals surface area contributed by atoms with Crippen molar-refractivity contribution in [1.82, 2.24) is 10.6 Å². The van der Waals surface area contributed by atoms with Gasteiger partial charge in [0.2, 0.25) is 5.96 Å². The molecule has 0 saturated carbocycles. The lowest BCUT2D eigenvalue weighted by atomic mass is 10.1. The minimum Gasteiger partial charge on any atom is -0.444 e. The molecule has 0 aliphatic rings. The monoisotopic (exact) mass is 355 g/mol. The summed E-state index contributed by atoms with van der Waals surface area (Å²) in [4.78, 5) is 23.5. The molecule has 1 rings (SSSR count). The molecule has 25 heavy (non-hydrogen) atoms. The number of nitrogens with one attached hydrogen (secondary N) is 3. The van der Waals surface area contributed by atoms with Crippen LogP contribution < -0.4 is 10.6 Å². The van der Waals surface area contributed by atoms with Gasteiger partial charge in [-0.3, -0.25) is 20.8 Å². The molecule has 6 nitrogen and oxygen atoms in total. The molecule has 0 spiro atoms. The minimum absolute atomic E-state index is 0.147. The highest BCUT2D eigenvalue weighted by molar-refractivity contribution is 6.08. The summed E-state index contributed by atoms with van der Waals surface area (Å²) in [5, 5.41) is 11.4. The number of terminal acetylenes is 1. The van der Waals surface area contributed by atoms with E-state index in [2.05, 4.69) is 0 Å². The number of ether oxygens (including phenoxy) is 1. The first-order chi connectivity index (χ1) is 11.3. The summed E-state index contributed by atoms with van der Waals surface area (Å²) in [5.74, 6) is 0.233. The van der Waals surface area contributed by atoms with Crippen molar-refractivity contribution in [2.24, 2.45) is 0 Å². The van der Waals surface area contributed by atoms with Gasteiger partial charge in [-0.2, -0.15) is 13.2 Å². The minimum atomic E-state index is -4.69. The van der Waals surface area contributed by atoms with Gasteiger partial charge in [0.1, 0.15) is 5.60 Å². The molecule has 0 fully saturated rings. The maximum absolute atomic E-state index is 12.8. The quantitative estimate of drug-likeness (QED) is 0.411. The van der Waals surface area contributed by atoms with Gasteiger partial charge < -0.3 is 4.74 Å². The fourth-order valence-corrected chi connectivity index (χ4v) is 1.63. The Balaban J connectivity index is 2.89. The van der Waals surface area contributed by atoms with Crippen LogP contribution in [0.25, 0.3) is 0 Å². The number of carbonyl (C=O) groups excluding carboxylic acids is 2. The fraction of sp³-hybridized carbons (Fsp3) is 0.312. The molecular weight excluding hydrogens is 339 g/mol. The molecule has 3 N–H and O–H groups in total. The number of carbonyl (C=O) groups is 2. The summed E-state index contributed by atoms with van der Waals surface area (Å²) in [5.41, 5.74) is -2.47. The van der Waals surface area contributed by atoms with Crippen molar-refractivity contribution >= 4 is 18.0 Å². The SMILES string of the molecule is C#Cc1cc(C(=O)NC(=N)NC(=O)OC(C)(C)C)cc(C(F)(F)F)c1. The van der Waals surface area contributed by atoms with E-state index in [-0.39, 0.29) is 5.56 Å². The number of alkyl halides is 3. The predicted octanol–water partition coefficient (Wildman–Crippen LogP) is 2.88. The molecule has 0 bridgehead atoms. The van der Waals surface area contributed by atoms with E-state index in [0.29, 0.717) is 6.07 Å². The first kappa shape index (κ1) is 20.0. The summed E-state index contributed by atoms with van der Waals surface area (Å²) in [6, 6.07) is 2.38.